The number of nitrogens with one attached hydrogen (secondary N) is 2. The minimum atomic E-state index is -3.31. The Bertz CT molecular complexity index is 1230. The summed E-state index contributed by atoms with van der Waals surface area (Å²) in [5.74, 6) is -0.258. The van der Waals surface area contributed by atoms with E-state index < -0.39 is 9.84 Å². The normalized spacial score (nSPS) is 15.1. The molecule has 9 heteroatoms. The van der Waals surface area contributed by atoms with Gasteiger partial charge in [-0.25, -0.2) is 18.1 Å². The lowest BCUT2D eigenvalue weighted by molar-refractivity contribution is 0.0951. The number of carbonyl (C=O) groups is 1. The Morgan fingerprint density at radius 2 is 1.97 bits per heavy atom. The molecule has 0 atom stereocenters. The highest BCUT2D eigenvalue weighted by molar-refractivity contribution is 7.90. The number of carbonyl (C=O) groups excluding carboxylic acids is 1. The van der Waals surface area contributed by atoms with Gasteiger partial charge in [-0.1, -0.05) is 31.4 Å². The second kappa shape index (κ2) is 9.28. The molecular weight excluding hydrogens is 426 g/mol. The van der Waals surface area contributed by atoms with E-state index in [1.54, 1.807) is 36.7 Å². The van der Waals surface area contributed by atoms with Crippen molar-refractivity contribution in [2.24, 2.45) is 0 Å². The van der Waals surface area contributed by atoms with E-state index in [2.05, 4.69) is 20.7 Å². The first kappa shape index (κ1) is 22.3. The monoisotopic (exact) mass is 455 g/mol. The van der Waals surface area contributed by atoms with Crippen LogP contribution in [0.4, 0.5) is 5.69 Å². The van der Waals surface area contributed by atoms with Crippen molar-refractivity contribution in [1.29, 1.82) is 0 Å². The van der Waals surface area contributed by atoms with Gasteiger partial charge in [0, 0.05) is 31.6 Å². The molecule has 1 fully saturated rings. The lowest BCUT2D eigenvalue weighted by Crippen LogP contribution is -2.27. The summed E-state index contributed by atoms with van der Waals surface area (Å²) in [5, 5.41) is 11.8. The summed E-state index contributed by atoms with van der Waals surface area (Å²) in [5.41, 5.74) is 2.71. The van der Waals surface area contributed by atoms with Crippen LogP contribution in [-0.4, -0.2) is 41.4 Å². The first-order valence-corrected chi connectivity index (χ1v) is 12.9. The Balaban J connectivity index is 1.61. The minimum Gasteiger partial charge on any atom is -0.381 e. The zero-order valence-corrected chi connectivity index (χ0v) is 19.3. The highest BCUT2D eigenvalue weighted by Crippen LogP contribution is 2.30. The SMILES string of the molecule is CCn1ncc2c(NC3CCCCC3)c(C(=O)NCc3cccc(S(C)(=O)=O)c3)cnc21. The number of fused-ring (bicyclic) bond motifs is 1. The number of hydrogen-bond acceptors (Lipinski definition) is 6. The molecule has 0 aliphatic heterocycles. The van der Waals surface area contributed by atoms with Crippen LogP contribution in [0.3, 0.4) is 0 Å². The van der Waals surface area contributed by atoms with Crippen LogP contribution in [0.5, 0.6) is 0 Å². The molecule has 1 amide bonds. The Kier molecular flexibility index (Phi) is 6.45. The molecule has 0 unspecified atom stereocenters. The van der Waals surface area contributed by atoms with Crippen molar-refractivity contribution in [3.8, 4) is 0 Å². The molecule has 32 heavy (non-hydrogen) atoms. The van der Waals surface area contributed by atoms with Crippen LogP contribution in [0.1, 0.15) is 54.9 Å². The first-order valence-electron chi connectivity index (χ1n) is 11.0. The Hall–Kier alpha value is -2.94. The maximum atomic E-state index is 13.1. The first-order chi connectivity index (χ1) is 15.4. The molecule has 1 saturated carbocycles. The second-order valence-corrected chi connectivity index (χ2v) is 10.3. The lowest BCUT2D eigenvalue weighted by Gasteiger charge is -2.25. The third-order valence-electron chi connectivity index (χ3n) is 5.94. The molecule has 0 bridgehead atoms. The Morgan fingerprint density at radius 1 is 1.19 bits per heavy atom. The Morgan fingerprint density at radius 3 is 2.69 bits per heavy atom. The zero-order chi connectivity index (χ0) is 22.7. The van der Waals surface area contributed by atoms with Gasteiger partial charge in [0.15, 0.2) is 15.5 Å². The molecule has 1 aliphatic rings. The molecule has 1 aliphatic carbocycles. The zero-order valence-electron chi connectivity index (χ0n) is 18.5. The van der Waals surface area contributed by atoms with Crippen LogP contribution in [0.2, 0.25) is 0 Å². The molecule has 3 aromatic rings. The molecule has 2 heterocycles. The van der Waals surface area contributed by atoms with Crippen molar-refractivity contribution < 1.29 is 13.2 Å². The smallest absolute Gasteiger partial charge is 0.255 e. The molecule has 170 valence electrons. The van der Waals surface area contributed by atoms with Gasteiger partial charge in [-0.15, -0.1) is 0 Å². The molecule has 0 saturated heterocycles. The predicted octanol–water partition coefficient (Wildman–Crippen LogP) is 3.53. The number of pyridine rings is 1. The maximum absolute atomic E-state index is 13.1. The van der Waals surface area contributed by atoms with E-state index in [1.165, 1.54) is 25.5 Å². The summed E-state index contributed by atoms with van der Waals surface area (Å²) in [6.45, 7) is 2.92. The fourth-order valence-corrected chi connectivity index (χ4v) is 4.89. The number of hydrogen-bond donors (Lipinski definition) is 2. The lowest BCUT2D eigenvalue weighted by atomic mass is 9.95. The van der Waals surface area contributed by atoms with Gasteiger partial charge < -0.3 is 10.6 Å². The summed E-state index contributed by atoms with van der Waals surface area (Å²) < 4.78 is 25.5. The fraction of sp³-hybridized carbons (Fsp3) is 0.435. The summed E-state index contributed by atoms with van der Waals surface area (Å²) in [7, 11) is -3.31. The van der Waals surface area contributed by atoms with Crippen LogP contribution >= 0.6 is 0 Å². The van der Waals surface area contributed by atoms with E-state index in [4.69, 9.17) is 0 Å². The van der Waals surface area contributed by atoms with Gasteiger partial charge in [0.25, 0.3) is 5.91 Å². The van der Waals surface area contributed by atoms with E-state index in [1.807, 2.05) is 11.6 Å². The predicted molar refractivity (Wildman–Crippen MR) is 124 cm³/mol. The third-order valence-corrected chi connectivity index (χ3v) is 7.05. The number of rotatable bonds is 7. The van der Waals surface area contributed by atoms with Crippen molar-refractivity contribution in [2.75, 3.05) is 11.6 Å². The van der Waals surface area contributed by atoms with Gasteiger partial charge in [-0.2, -0.15) is 5.10 Å². The molecule has 2 aromatic heterocycles. The van der Waals surface area contributed by atoms with Crippen LogP contribution < -0.4 is 10.6 Å². The molecule has 0 spiro atoms. The number of aromatic nitrogens is 3. The van der Waals surface area contributed by atoms with E-state index in [-0.39, 0.29) is 17.3 Å². The van der Waals surface area contributed by atoms with Gasteiger partial charge >= 0.3 is 0 Å². The Labute approximate surface area is 188 Å². The van der Waals surface area contributed by atoms with Crippen LogP contribution in [0.25, 0.3) is 11.0 Å². The van der Waals surface area contributed by atoms with Crippen molar-refractivity contribution in [3.05, 3.63) is 47.8 Å². The topological polar surface area (TPSA) is 106 Å². The van der Waals surface area contributed by atoms with Crippen molar-refractivity contribution in [1.82, 2.24) is 20.1 Å². The van der Waals surface area contributed by atoms with Gasteiger partial charge in [-0.3, -0.25) is 4.79 Å². The average molecular weight is 456 g/mol. The summed E-state index contributed by atoms with van der Waals surface area (Å²) in [6, 6.07) is 6.93. The van der Waals surface area contributed by atoms with Crippen LogP contribution in [0.15, 0.2) is 41.6 Å². The van der Waals surface area contributed by atoms with Gasteiger partial charge in [0.1, 0.15) is 0 Å². The maximum Gasteiger partial charge on any atom is 0.255 e. The van der Waals surface area contributed by atoms with Crippen molar-refractivity contribution in [2.45, 2.75) is 63.1 Å². The number of aryl methyl sites for hydroxylation is 1. The number of benzene rings is 1. The van der Waals surface area contributed by atoms with E-state index in [0.717, 1.165) is 35.1 Å². The minimum absolute atomic E-state index is 0.220. The fourth-order valence-electron chi connectivity index (χ4n) is 4.20. The molecule has 0 radical (unpaired) electrons. The summed E-state index contributed by atoms with van der Waals surface area (Å²) in [6.07, 6.45) is 10.3. The quantitative estimate of drug-likeness (QED) is 0.565. The highest BCUT2D eigenvalue weighted by Gasteiger charge is 2.22. The van der Waals surface area contributed by atoms with Crippen molar-refractivity contribution in [3.63, 3.8) is 0 Å². The van der Waals surface area contributed by atoms with Crippen LogP contribution in [-0.2, 0) is 22.9 Å². The van der Waals surface area contributed by atoms with Crippen LogP contribution in [0, 0.1) is 0 Å². The van der Waals surface area contributed by atoms with E-state index >= 15 is 0 Å². The number of nitrogens with zero attached hydrogens (tertiary/aromatic N) is 3. The molecular formula is C23H29N5O3S. The van der Waals surface area contributed by atoms with Gasteiger partial charge in [0.2, 0.25) is 0 Å². The number of sulfone groups is 1. The third kappa shape index (κ3) is 4.77. The highest BCUT2D eigenvalue weighted by atomic mass is 32.2. The molecule has 4 rings (SSSR count). The number of amides is 1. The van der Waals surface area contributed by atoms with E-state index in [9.17, 15) is 13.2 Å². The largest absolute Gasteiger partial charge is 0.381 e. The molecule has 8 nitrogen and oxygen atoms in total. The number of anilines is 1. The molecule has 1 aromatic carbocycles. The van der Waals surface area contributed by atoms with E-state index in [0.29, 0.717) is 18.2 Å². The molecule has 2 N–H and O–H groups in total. The summed E-state index contributed by atoms with van der Waals surface area (Å²) in [4.78, 5) is 17.9. The van der Waals surface area contributed by atoms with Crippen molar-refractivity contribution >= 4 is 32.5 Å². The average Bonchev–Trinajstić information content (AvgIpc) is 3.22. The standard InChI is InChI=1S/C23H29N5O3S/c1-3-28-22-19(15-26-28)21(27-17-9-5-4-6-10-17)20(14-24-22)23(29)25-13-16-8-7-11-18(12-16)32(2,30)31/h7-8,11-12,14-15,17H,3-6,9-10,13H2,1-2H3,(H,24,27)(H,25,29). The van der Waals surface area contributed by atoms with Gasteiger partial charge in [0.05, 0.1) is 27.7 Å². The summed E-state index contributed by atoms with van der Waals surface area (Å²) >= 11 is 0. The second-order valence-electron chi connectivity index (χ2n) is 8.33. The van der Waals surface area contributed by atoms with Gasteiger partial charge in [-0.05, 0) is 37.5 Å².